The number of Topliss-reactive ketones (excluding diaryl/α,β-unsaturated/α-hetero) is 1. The van der Waals surface area contributed by atoms with Gasteiger partial charge in [-0.05, 0) is 54.8 Å². The lowest BCUT2D eigenvalue weighted by Gasteiger charge is -2.25. The van der Waals surface area contributed by atoms with Crippen molar-refractivity contribution in [3.63, 3.8) is 0 Å². The van der Waals surface area contributed by atoms with Crippen LogP contribution in [0.3, 0.4) is 0 Å². The number of hydrogen-bond donors (Lipinski definition) is 1. The number of rotatable bonds is 6. The van der Waals surface area contributed by atoms with Crippen LogP contribution >= 0.6 is 11.6 Å². The Morgan fingerprint density at radius 3 is 2.68 bits per heavy atom. The number of halogens is 1. The summed E-state index contributed by atoms with van der Waals surface area (Å²) >= 11 is 6.04. The third kappa shape index (κ3) is 4.05. The van der Waals surface area contributed by atoms with Gasteiger partial charge in [0.05, 0.1) is 11.6 Å². The molecule has 1 N–H and O–H groups in total. The van der Waals surface area contributed by atoms with Crippen molar-refractivity contribution in [2.45, 2.75) is 31.9 Å². The Morgan fingerprint density at radius 2 is 1.97 bits per heavy atom. The summed E-state index contributed by atoms with van der Waals surface area (Å²) in [6.45, 7) is 2.77. The molecule has 0 aromatic heterocycles. The third-order valence-corrected chi connectivity index (χ3v) is 5.89. The Morgan fingerprint density at radius 1 is 1.23 bits per heavy atom. The van der Waals surface area contributed by atoms with Crippen LogP contribution in [0.15, 0.2) is 48.0 Å². The Kier molecular flexibility index (Phi) is 6.03. The van der Waals surface area contributed by atoms with Crippen molar-refractivity contribution in [3.05, 3.63) is 69.8 Å². The van der Waals surface area contributed by atoms with Gasteiger partial charge in [-0.15, -0.1) is 0 Å². The van der Waals surface area contributed by atoms with Crippen molar-refractivity contribution in [1.29, 1.82) is 0 Å². The number of aliphatic hydroxyl groups excluding tert-OH is 1. The van der Waals surface area contributed by atoms with Gasteiger partial charge in [-0.1, -0.05) is 23.7 Å². The number of carbonyl (C=O) groups is 2. The molecular formula is C24H24ClNO5. The van der Waals surface area contributed by atoms with E-state index < -0.39 is 17.7 Å². The van der Waals surface area contributed by atoms with E-state index in [9.17, 15) is 14.7 Å². The first-order valence-electron chi connectivity index (χ1n) is 10.2. The van der Waals surface area contributed by atoms with Crippen LogP contribution in [0.5, 0.6) is 5.75 Å². The summed E-state index contributed by atoms with van der Waals surface area (Å²) in [6.07, 6.45) is 1.36. The highest BCUT2D eigenvalue weighted by Crippen LogP contribution is 2.40. The molecule has 1 fully saturated rings. The van der Waals surface area contributed by atoms with E-state index in [0.29, 0.717) is 35.7 Å². The standard InChI is InChI=1S/C24H24ClNO5/c1-14-12-17-13-16(6-9-19(17)31-14)22(27)20-21(15-4-7-18(25)8-5-15)26(10-3-11-30-2)24(29)23(20)28/h4-9,13-14,21,27H,3,10-12H2,1-2H3/b22-20+. The number of aliphatic hydroxyl groups is 1. The van der Waals surface area contributed by atoms with E-state index in [2.05, 4.69) is 0 Å². The molecule has 2 aromatic rings. The average molecular weight is 442 g/mol. The van der Waals surface area contributed by atoms with Gasteiger partial charge in [0.15, 0.2) is 0 Å². The fourth-order valence-electron chi connectivity index (χ4n) is 4.21. The largest absolute Gasteiger partial charge is 0.507 e. The SMILES string of the molecule is COCCCN1C(=O)C(=O)/C(=C(/O)c2ccc3c(c2)CC(C)O3)C1c1ccc(Cl)cc1. The molecule has 2 heterocycles. The molecule has 31 heavy (non-hydrogen) atoms. The summed E-state index contributed by atoms with van der Waals surface area (Å²) in [5, 5.41) is 11.7. The highest BCUT2D eigenvalue weighted by molar-refractivity contribution is 6.46. The van der Waals surface area contributed by atoms with Crippen molar-refractivity contribution >= 4 is 29.1 Å². The van der Waals surface area contributed by atoms with Gasteiger partial charge in [0.2, 0.25) is 0 Å². The monoisotopic (exact) mass is 441 g/mol. The Hall–Kier alpha value is -2.83. The second-order valence-corrected chi connectivity index (χ2v) is 8.28. The number of fused-ring (bicyclic) bond motifs is 1. The maximum absolute atomic E-state index is 13.0. The molecule has 4 rings (SSSR count). The zero-order valence-electron chi connectivity index (χ0n) is 17.4. The number of ketones is 1. The minimum atomic E-state index is -0.697. The van der Waals surface area contributed by atoms with Crippen molar-refractivity contribution < 1.29 is 24.2 Å². The molecule has 2 atom stereocenters. The molecule has 2 unspecified atom stereocenters. The molecule has 1 saturated heterocycles. The first-order valence-corrected chi connectivity index (χ1v) is 10.6. The van der Waals surface area contributed by atoms with Gasteiger partial charge in [-0.2, -0.15) is 0 Å². The van der Waals surface area contributed by atoms with E-state index in [-0.39, 0.29) is 17.4 Å². The van der Waals surface area contributed by atoms with Gasteiger partial charge >= 0.3 is 0 Å². The first-order chi connectivity index (χ1) is 14.9. The summed E-state index contributed by atoms with van der Waals surface area (Å²) in [5.41, 5.74) is 2.25. The average Bonchev–Trinajstić information content (AvgIpc) is 3.25. The predicted octanol–water partition coefficient (Wildman–Crippen LogP) is 4.12. The van der Waals surface area contributed by atoms with E-state index in [4.69, 9.17) is 21.1 Å². The Labute approximate surface area is 186 Å². The molecule has 1 amide bonds. The lowest BCUT2D eigenvalue weighted by Crippen LogP contribution is -2.31. The van der Waals surface area contributed by atoms with E-state index in [0.717, 1.165) is 17.7 Å². The molecule has 7 heteroatoms. The molecule has 2 aromatic carbocycles. The lowest BCUT2D eigenvalue weighted by atomic mass is 9.94. The highest BCUT2D eigenvalue weighted by atomic mass is 35.5. The molecule has 0 spiro atoms. The molecule has 2 aliphatic heterocycles. The summed E-state index contributed by atoms with van der Waals surface area (Å²) in [7, 11) is 1.59. The van der Waals surface area contributed by atoms with Crippen molar-refractivity contribution in [3.8, 4) is 5.75 Å². The number of likely N-dealkylation sites (tertiary alicyclic amines) is 1. The number of amides is 1. The first kappa shape index (κ1) is 21.4. The van der Waals surface area contributed by atoms with Crippen LogP contribution in [0.1, 0.15) is 36.1 Å². The van der Waals surface area contributed by atoms with E-state index in [1.807, 2.05) is 13.0 Å². The van der Waals surface area contributed by atoms with E-state index in [1.54, 1.807) is 43.5 Å². The topological polar surface area (TPSA) is 76.1 Å². The van der Waals surface area contributed by atoms with Crippen LogP contribution in [0, 0.1) is 0 Å². The van der Waals surface area contributed by atoms with Crippen LogP contribution < -0.4 is 4.74 Å². The van der Waals surface area contributed by atoms with Crippen molar-refractivity contribution in [2.24, 2.45) is 0 Å². The molecule has 2 aliphatic rings. The Balaban J connectivity index is 1.79. The molecule has 0 saturated carbocycles. The zero-order valence-corrected chi connectivity index (χ0v) is 18.2. The number of benzene rings is 2. The Bertz CT molecular complexity index is 1050. The summed E-state index contributed by atoms with van der Waals surface area (Å²) in [6, 6.07) is 11.6. The van der Waals surface area contributed by atoms with Crippen LogP contribution in [-0.4, -0.2) is 48.1 Å². The van der Waals surface area contributed by atoms with Crippen LogP contribution in [0.4, 0.5) is 0 Å². The van der Waals surface area contributed by atoms with Crippen molar-refractivity contribution in [2.75, 3.05) is 20.3 Å². The van der Waals surface area contributed by atoms with Crippen LogP contribution in [0.25, 0.3) is 5.76 Å². The van der Waals surface area contributed by atoms with Gasteiger partial charge in [0.1, 0.15) is 17.6 Å². The van der Waals surface area contributed by atoms with Gasteiger partial charge in [0.25, 0.3) is 11.7 Å². The normalized spacial score (nSPS) is 22.0. The molecule has 0 radical (unpaired) electrons. The van der Waals surface area contributed by atoms with E-state index >= 15 is 0 Å². The van der Waals surface area contributed by atoms with Gasteiger partial charge < -0.3 is 19.5 Å². The second kappa shape index (κ2) is 8.73. The summed E-state index contributed by atoms with van der Waals surface area (Å²) < 4.78 is 10.8. The fourth-order valence-corrected chi connectivity index (χ4v) is 4.33. The van der Waals surface area contributed by atoms with Crippen molar-refractivity contribution in [1.82, 2.24) is 4.90 Å². The molecule has 6 nitrogen and oxygen atoms in total. The molecular weight excluding hydrogens is 418 g/mol. The molecule has 162 valence electrons. The number of nitrogens with zero attached hydrogens (tertiary/aromatic N) is 1. The fraction of sp³-hybridized carbons (Fsp3) is 0.333. The van der Waals surface area contributed by atoms with Gasteiger partial charge in [-0.25, -0.2) is 0 Å². The minimum Gasteiger partial charge on any atom is -0.507 e. The molecule has 0 aliphatic carbocycles. The van der Waals surface area contributed by atoms with Crippen LogP contribution in [0.2, 0.25) is 5.02 Å². The lowest BCUT2D eigenvalue weighted by molar-refractivity contribution is -0.140. The van der Waals surface area contributed by atoms with E-state index in [1.165, 1.54) is 4.90 Å². The summed E-state index contributed by atoms with van der Waals surface area (Å²) in [4.78, 5) is 27.4. The maximum atomic E-state index is 13.0. The highest BCUT2D eigenvalue weighted by Gasteiger charge is 2.45. The maximum Gasteiger partial charge on any atom is 0.295 e. The number of hydrogen-bond acceptors (Lipinski definition) is 5. The third-order valence-electron chi connectivity index (χ3n) is 5.64. The second-order valence-electron chi connectivity index (χ2n) is 7.85. The number of carbonyl (C=O) groups excluding carboxylic acids is 2. The predicted molar refractivity (Wildman–Crippen MR) is 117 cm³/mol. The summed E-state index contributed by atoms with van der Waals surface area (Å²) in [5.74, 6) is -0.732. The zero-order chi connectivity index (χ0) is 22.1. The number of ether oxygens (including phenoxy) is 2. The quantitative estimate of drug-likeness (QED) is 0.316. The number of methoxy groups -OCH3 is 1. The van der Waals surface area contributed by atoms with Gasteiger partial charge in [0, 0.05) is 37.3 Å². The van der Waals surface area contributed by atoms with Gasteiger partial charge in [-0.3, -0.25) is 9.59 Å². The van der Waals surface area contributed by atoms with Crippen LogP contribution in [-0.2, 0) is 20.7 Å². The minimum absolute atomic E-state index is 0.0628. The smallest absolute Gasteiger partial charge is 0.295 e. The molecule has 0 bridgehead atoms.